The molecule has 8 heteroatoms. The molecular weight excluding hydrogens is 457 g/mol. The first-order chi connectivity index (χ1) is 15.3. The lowest BCUT2D eigenvalue weighted by Crippen LogP contribution is -2.57. The van der Waals surface area contributed by atoms with Crippen molar-refractivity contribution in [3.05, 3.63) is 70.2 Å². The summed E-state index contributed by atoms with van der Waals surface area (Å²) in [6.45, 7) is 2.21. The van der Waals surface area contributed by atoms with E-state index in [0.29, 0.717) is 10.8 Å². The highest BCUT2D eigenvalue weighted by Gasteiger charge is 2.49. The number of hydrogen-bond donors (Lipinski definition) is 1. The van der Waals surface area contributed by atoms with Crippen LogP contribution in [0.2, 0.25) is 5.02 Å². The minimum absolute atomic E-state index is 0.0937. The lowest BCUT2D eigenvalue weighted by molar-refractivity contribution is -0.137. The molecule has 1 aliphatic heterocycles. The molecule has 2 aromatic carbocycles. The van der Waals surface area contributed by atoms with E-state index in [-0.39, 0.29) is 22.9 Å². The molecule has 0 radical (unpaired) electrons. The number of halogens is 4. The third-order valence-corrected chi connectivity index (χ3v) is 7.85. The van der Waals surface area contributed by atoms with Crippen molar-refractivity contribution in [3.63, 3.8) is 0 Å². The topological polar surface area (TPSA) is 32.3 Å². The predicted octanol–water partition coefficient (Wildman–Crippen LogP) is 6.54. The number of alkyl halides is 3. The quantitative estimate of drug-likeness (QED) is 0.455. The number of benzene rings is 2. The predicted molar refractivity (Wildman–Crippen MR) is 123 cm³/mol. The zero-order valence-corrected chi connectivity index (χ0v) is 19.2. The first kappa shape index (κ1) is 23.5. The van der Waals surface area contributed by atoms with Gasteiger partial charge in [-0.2, -0.15) is 13.2 Å². The maximum Gasteiger partial charge on any atom is 0.416 e. The van der Waals surface area contributed by atoms with Crippen molar-refractivity contribution in [1.29, 1.82) is 0 Å². The highest BCUT2D eigenvalue weighted by molar-refractivity contribution is 7.98. The lowest BCUT2D eigenvalue weighted by Gasteiger charge is -2.54. The Kier molecular flexibility index (Phi) is 7.08. The molecule has 0 aromatic heterocycles. The Bertz CT molecular complexity index is 924. The second-order valence-electron chi connectivity index (χ2n) is 8.57. The van der Waals surface area contributed by atoms with Crippen LogP contribution >= 0.6 is 23.5 Å². The molecular formula is C24H26ClF3N2OS. The van der Waals surface area contributed by atoms with Crippen LogP contribution in [0.1, 0.15) is 59.5 Å². The number of hydrogen-bond acceptors (Lipinski definition) is 3. The molecule has 1 amide bonds. The highest BCUT2D eigenvalue weighted by Crippen LogP contribution is 2.50. The van der Waals surface area contributed by atoms with Crippen LogP contribution in [0.4, 0.5) is 13.2 Å². The fourth-order valence-electron chi connectivity index (χ4n) is 4.90. The molecule has 1 N–H and O–H groups in total. The number of amides is 1. The monoisotopic (exact) mass is 482 g/mol. The van der Waals surface area contributed by atoms with Crippen LogP contribution < -0.4 is 4.72 Å². The molecule has 1 heterocycles. The molecule has 4 rings (SSSR count). The molecule has 1 saturated carbocycles. The van der Waals surface area contributed by atoms with Gasteiger partial charge in [0.05, 0.1) is 5.56 Å². The summed E-state index contributed by atoms with van der Waals surface area (Å²) in [5.41, 5.74) is 0.752. The largest absolute Gasteiger partial charge is 0.416 e. The summed E-state index contributed by atoms with van der Waals surface area (Å²) in [7, 11) is 0. The summed E-state index contributed by atoms with van der Waals surface area (Å²) in [4.78, 5) is 15.1. The summed E-state index contributed by atoms with van der Waals surface area (Å²) < 4.78 is 41.1. The third kappa shape index (κ3) is 4.95. The van der Waals surface area contributed by atoms with Crippen molar-refractivity contribution in [2.24, 2.45) is 0 Å². The van der Waals surface area contributed by atoms with Crippen molar-refractivity contribution >= 4 is 29.5 Å². The number of nitrogens with zero attached hydrogens (tertiary/aromatic N) is 1. The van der Waals surface area contributed by atoms with Crippen LogP contribution in [0.15, 0.2) is 48.5 Å². The minimum Gasteiger partial charge on any atom is -0.297 e. The summed E-state index contributed by atoms with van der Waals surface area (Å²) in [6.07, 6.45) is 1.48. The number of carbonyl (C=O) groups excluding carboxylic acids is 1. The molecule has 2 aromatic rings. The van der Waals surface area contributed by atoms with Gasteiger partial charge in [0.15, 0.2) is 0 Å². The van der Waals surface area contributed by atoms with E-state index in [2.05, 4.69) is 21.8 Å². The molecule has 2 aliphatic rings. The molecule has 172 valence electrons. The highest BCUT2D eigenvalue weighted by atomic mass is 35.5. The molecule has 0 bridgehead atoms. The van der Waals surface area contributed by atoms with E-state index in [1.807, 2.05) is 12.1 Å². The lowest BCUT2D eigenvalue weighted by atomic mass is 9.65. The Morgan fingerprint density at radius 3 is 2.19 bits per heavy atom. The fraction of sp³-hybridized carbons (Fsp3) is 0.458. The van der Waals surface area contributed by atoms with Crippen LogP contribution in [-0.2, 0) is 6.18 Å². The third-order valence-electron chi connectivity index (χ3n) is 6.77. The second-order valence-corrected chi connectivity index (χ2v) is 9.84. The van der Waals surface area contributed by atoms with E-state index in [4.69, 9.17) is 11.6 Å². The average molecular weight is 483 g/mol. The van der Waals surface area contributed by atoms with E-state index in [1.54, 1.807) is 0 Å². The molecule has 2 fully saturated rings. The Labute approximate surface area is 195 Å². The molecule has 0 spiro atoms. The van der Waals surface area contributed by atoms with E-state index in [0.717, 1.165) is 38.1 Å². The van der Waals surface area contributed by atoms with Crippen molar-refractivity contribution < 1.29 is 18.0 Å². The van der Waals surface area contributed by atoms with Gasteiger partial charge < -0.3 is 0 Å². The van der Waals surface area contributed by atoms with Gasteiger partial charge >= 0.3 is 6.18 Å². The Morgan fingerprint density at radius 2 is 1.66 bits per heavy atom. The van der Waals surface area contributed by atoms with Gasteiger partial charge in [-0.3, -0.25) is 14.4 Å². The van der Waals surface area contributed by atoms with Crippen molar-refractivity contribution in [3.8, 4) is 0 Å². The fourth-order valence-corrected chi connectivity index (χ4v) is 6.03. The average Bonchev–Trinajstić information content (AvgIpc) is 3.27. The van der Waals surface area contributed by atoms with Gasteiger partial charge in [-0.25, -0.2) is 0 Å². The first-order valence-corrected chi connectivity index (χ1v) is 12.3. The van der Waals surface area contributed by atoms with E-state index in [1.165, 1.54) is 48.9 Å². The normalized spacial score (nSPS) is 19.4. The smallest absolute Gasteiger partial charge is 0.297 e. The molecule has 32 heavy (non-hydrogen) atoms. The Balaban J connectivity index is 1.46. The standard InChI is InChI=1S/C24H26ClF3N2OS/c25-20-10-6-17(7-11-20)21(23(12-3-13-23)30-14-1-2-15-30)16-32-29-22(31)18-4-8-19(9-5-18)24(26,27)28/h4-11,21H,1-3,12-16H2,(H,29,31). The molecule has 1 saturated heterocycles. The number of rotatable bonds is 7. The van der Waals surface area contributed by atoms with E-state index in [9.17, 15) is 18.0 Å². The SMILES string of the molecule is O=C(NSCC(c1ccc(Cl)cc1)C1(N2CCCC2)CCC1)c1ccc(C(F)(F)F)cc1. The maximum atomic E-state index is 12.8. The van der Waals surface area contributed by atoms with E-state index < -0.39 is 11.7 Å². The number of likely N-dealkylation sites (tertiary alicyclic amines) is 1. The summed E-state index contributed by atoms with van der Waals surface area (Å²) >= 11 is 7.44. The van der Waals surface area contributed by atoms with Gasteiger partial charge in [-0.15, -0.1) is 0 Å². The van der Waals surface area contributed by atoms with Crippen LogP contribution in [0.25, 0.3) is 0 Å². The van der Waals surface area contributed by atoms with Crippen molar-refractivity contribution in [2.45, 2.75) is 49.7 Å². The van der Waals surface area contributed by atoms with Gasteiger partial charge in [0, 0.05) is 27.8 Å². The van der Waals surface area contributed by atoms with Crippen LogP contribution in [-0.4, -0.2) is 35.2 Å². The minimum atomic E-state index is -4.41. The number of carbonyl (C=O) groups is 1. The van der Waals surface area contributed by atoms with Gasteiger partial charge in [-0.05, 0) is 99.1 Å². The second kappa shape index (κ2) is 9.65. The van der Waals surface area contributed by atoms with Gasteiger partial charge in [0.2, 0.25) is 0 Å². The summed E-state index contributed by atoms with van der Waals surface area (Å²) in [5, 5.41) is 0.694. The molecule has 3 nitrogen and oxygen atoms in total. The first-order valence-electron chi connectivity index (χ1n) is 10.9. The molecule has 1 aliphatic carbocycles. The van der Waals surface area contributed by atoms with Crippen LogP contribution in [0.5, 0.6) is 0 Å². The summed E-state index contributed by atoms with van der Waals surface area (Å²) in [6, 6.07) is 12.3. The Hall–Kier alpha value is -1.70. The van der Waals surface area contributed by atoms with Gasteiger partial charge in [0.25, 0.3) is 5.91 Å². The van der Waals surface area contributed by atoms with Crippen molar-refractivity contribution in [2.75, 3.05) is 18.8 Å². The zero-order valence-electron chi connectivity index (χ0n) is 17.6. The van der Waals surface area contributed by atoms with E-state index >= 15 is 0 Å². The number of nitrogens with one attached hydrogen (secondary N) is 1. The van der Waals surface area contributed by atoms with Crippen molar-refractivity contribution in [1.82, 2.24) is 9.62 Å². The summed E-state index contributed by atoms with van der Waals surface area (Å²) in [5.74, 6) is 0.525. The van der Waals surface area contributed by atoms with Crippen LogP contribution in [0.3, 0.4) is 0 Å². The zero-order chi connectivity index (χ0) is 22.8. The molecule has 1 atom stereocenters. The Morgan fingerprint density at radius 1 is 1.03 bits per heavy atom. The van der Waals surface area contributed by atoms with Gasteiger partial charge in [0.1, 0.15) is 0 Å². The van der Waals surface area contributed by atoms with Crippen LogP contribution in [0, 0.1) is 0 Å². The molecule has 1 unspecified atom stereocenters. The van der Waals surface area contributed by atoms with Gasteiger partial charge in [-0.1, -0.05) is 23.7 Å². The maximum absolute atomic E-state index is 12.8.